The zero-order chi connectivity index (χ0) is 21.3. The monoisotopic (exact) mass is 418 g/mol. The van der Waals surface area contributed by atoms with Gasteiger partial charge in [-0.25, -0.2) is 15.0 Å². The van der Waals surface area contributed by atoms with Gasteiger partial charge >= 0.3 is 0 Å². The van der Waals surface area contributed by atoms with Crippen LogP contribution in [-0.4, -0.2) is 50.0 Å². The first kappa shape index (κ1) is 18.8. The van der Waals surface area contributed by atoms with E-state index < -0.39 is 12.2 Å². The van der Waals surface area contributed by atoms with E-state index in [1.807, 2.05) is 6.07 Å². The van der Waals surface area contributed by atoms with Crippen LogP contribution in [0.2, 0.25) is 0 Å². The van der Waals surface area contributed by atoms with Gasteiger partial charge < -0.3 is 26.6 Å². The van der Waals surface area contributed by atoms with E-state index >= 15 is 0 Å². The SMILES string of the molecule is Nc1ccc2ccc(CC[C@@]34CC3[C@@H](N3CCc5c(N)ncnc53)[C@H](O)[C@@H]4O)cc2n1. The number of hydrogen-bond donors (Lipinski definition) is 4. The molecule has 160 valence electrons. The summed E-state index contributed by atoms with van der Waals surface area (Å²) in [6.07, 6.45) is 3.29. The number of aliphatic hydroxyl groups excluding tert-OH is 2. The largest absolute Gasteiger partial charge is 0.390 e. The van der Waals surface area contributed by atoms with Crippen LogP contribution in [0.1, 0.15) is 24.0 Å². The second-order valence-electron chi connectivity index (χ2n) is 9.24. The van der Waals surface area contributed by atoms with Crippen molar-refractivity contribution >= 4 is 28.4 Å². The summed E-state index contributed by atoms with van der Waals surface area (Å²) in [5, 5.41) is 23.0. The molecular formula is C23H26N6O2. The summed E-state index contributed by atoms with van der Waals surface area (Å²) >= 11 is 0. The normalized spacial score (nSPS) is 31.1. The summed E-state index contributed by atoms with van der Waals surface area (Å²) in [6, 6.07) is 9.89. The molecule has 0 radical (unpaired) electrons. The standard InChI is InChI=1S/C23H26N6O2/c24-17-4-3-13-2-1-12(9-16(13)28-17)5-7-23-10-15(23)18(19(30)20(23)31)29-8-6-14-21(25)26-11-27-22(14)29/h1-4,9,11,15,18-20,30-31H,5-8,10H2,(H2,24,28)(H2,25,26,27)/t15?,18-,19+,20+,23-/m1/s1. The molecular weight excluding hydrogens is 392 g/mol. The van der Waals surface area contributed by atoms with E-state index in [-0.39, 0.29) is 17.4 Å². The summed E-state index contributed by atoms with van der Waals surface area (Å²) < 4.78 is 0. The second kappa shape index (κ2) is 6.51. The van der Waals surface area contributed by atoms with Crippen LogP contribution in [0.4, 0.5) is 17.5 Å². The third-order valence-corrected chi connectivity index (χ3v) is 7.70. The van der Waals surface area contributed by atoms with Crippen molar-refractivity contribution in [1.29, 1.82) is 0 Å². The number of benzene rings is 1. The number of nitrogens with zero attached hydrogens (tertiary/aromatic N) is 4. The molecule has 2 aliphatic carbocycles. The number of aromatic nitrogens is 3. The van der Waals surface area contributed by atoms with Crippen molar-refractivity contribution < 1.29 is 10.2 Å². The second-order valence-corrected chi connectivity index (χ2v) is 9.24. The molecule has 0 saturated heterocycles. The smallest absolute Gasteiger partial charge is 0.137 e. The highest BCUT2D eigenvalue weighted by Gasteiger charge is 2.71. The van der Waals surface area contributed by atoms with Gasteiger partial charge in [-0.05, 0) is 55.4 Å². The third kappa shape index (κ3) is 2.71. The Balaban J connectivity index is 1.23. The van der Waals surface area contributed by atoms with E-state index in [0.717, 1.165) is 54.5 Å². The Kier molecular flexibility index (Phi) is 3.94. The van der Waals surface area contributed by atoms with Crippen molar-refractivity contribution in [1.82, 2.24) is 15.0 Å². The van der Waals surface area contributed by atoms with Crippen molar-refractivity contribution in [2.24, 2.45) is 11.3 Å². The van der Waals surface area contributed by atoms with Crippen LogP contribution < -0.4 is 16.4 Å². The van der Waals surface area contributed by atoms with Crippen LogP contribution in [0.25, 0.3) is 10.9 Å². The van der Waals surface area contributed by atoms with Gasteiger partial charge in [0.1, 0.15) is 29.9 Å². The Morgan fingerprint density at radius 3 is 2.84 bits per heavy atom. The van der Waals surface area contributed by atoms with Crippen molar-refractivity contribution in [3.05, 3.63) is 47.8 Å². The number of fused-ring (bicyclic) bond motifs is 3. The molecule has 3 aromatic rings. The number of nitrogen functional groups attached to an aromatic ring is 2. The summed E-state index contributed by atoms with van der Waals surface area (Å²) in [6.45, 7) is 0.747. The molecule has 1 aromatic carbocycles. The van der Waals surface area contributed by atoms with Crippen LogP contribution in [0.3, 0.4) is 0 Å². The number of hydrogen-bond acceptors (Lipinski definition) is 8. The minimum absolute atomic E-state index is 0.136. The Morgan fingerprint density at radius 1 is 1.13 bits per heavy atom. The van der Waals surface area contributed by atoms with Gasteiger partial charge in [-0.3, -0.25) is 0 Å². The van der Waals surface area contributed by atoms with E-state index in [1.54, 1.807) is 6.07 Å². The number of rotatable bonds is 4. The lowest BCUT2D eigenvalue weighted by Crippen LogP contribution is -2.46. The van der Waals surface area contributed by atoms with Crippen LogP contribution in [0, 0.1) is 11.3 Å². The Labute approximate surface area is 179 Å². The molecule has 1 aliphatic heterocycles. The van der Waals surface area contributed by atoms with Gasteiger partial charge in [0.05, 0.1) is 17.7 Å². The zero-order valence-corrected chi connectivity index (χ0v) is 17.1. The number of aryl methyl sites for hydroxylation is 1. The van der Waals surface area contributed by atoms with Gasteiger partial charge in [0.2, 0.25) is 0 Å². The van der Waals surface area contributed by atoms with Gasteiger partial charge in [0.15, 0.2) is 0 Å². The molecule has 0 spiro atoms. The Hall–Kier alpha value is -2.97. The number of anilines is 3. The van der Waals surface area contributed by atoms with E-state index in [0.29, 0.717) is 11.6 Å². The lowest BCUT2D eigenvalue weighted by atomic mass is 9.91. The predicted octanol–water partition coefficient (Wildman–Crippen LogP) is 1.29. The molecule has 1 unspecified atom stereocenters. The number of aliphatic hydroxyl groups is 2. The lowest BCUT2D eigenvalue weighted by Gasteiger charge is -2.31. The molecule has 3 aliphatic rings. The average Bonchev–Trinajstić information content (AvgIpc) is 3.25. The summed E-state index contributed by atoms with van der Waals surface area (Å²) in [4.78, 5) is 15.1. The van der Waals surface area contributed by atoms with Crippen LogP contribution in [-0.2, 0) is 12.8 Å². The minimum Gasteiger partial charge on any atom is -0.390 e. The molecule has 6 N–H and O–H groups in total. The molecule has 5 atom stereocenters. The van der Waals surface area contributed by atoms with E-state index in [1.165, 1.54) is 11.9 Å². The molecule has 8 heteroatoms. The maximum Gasteiger partial charge on any atom is 0.137 e. The molecule has 2 fully saturated rings. The van der Waals surface area contributed by atoms with Crippen LogP contribution in [0.5, 0.6) is 0 Å². The van der Waals surface area contributed by atoms with E-state index in [2.05, 4.69) is 38.1 Å². The lowest BCUT2D eigenvalue weighted by molar-refractivity contribution is -0.0107. The fourth-order valence-electron chi connectivity index (χ4n) is 6.00. The minimum atomic E-state index is -0.793. The topological polar surface area (TPSA) is 134 Å². The third-order valence-electron chi connectivity index (χ3n) is 7.70. The molecule has 6 rings (SSSR count). The molecule has 0 amide bonds. The first-order chi connectivity index (χ1) is 15.0. The highest BCUT2D eigenvalue weighted by Crippen LogP contribution is 2.67. The van der Waals surface area contributed by atoms with Crippen LogP contribution >= 0.6 is 0 Å². The first-order valence-corrected chi connectivity index (χ1v) is 10.9. The maximum absolute atomic E-state index is 11.0. The Morgan fingerprint density at radius 2 is 1.97 bits per heavy atom. The van der Waals surface area contributed by atoms with Crippen molar-refractivity contribution in [3.8, 4) is 0 Å². The van der Waals surface area contributed by atoms with Crippen LogP contribution in [0.15, 0.2) is 36.7 Å². The van der Waals surface area contributed by atoms with E-state index in [4.69, 9.17) is 11.5 Å². The number of pyridine rings is 1. The molecule has 3 heterocycles. The van der Waals surface area contributed by atoms with Crippen molar-refractivity contribution in [2.45, 2.75) is 43.9 Å². The fraction of sp³-hybridized carbons (Fsp3) is 0.435. The number of nitrogens with two attached hydrogens (primary N) is 2. The van der Waals surface area contributed by atoms with Gasteiger partial charge in [-0.15, -0.1) is 0 Å². The Bertz CT molecular complexity index is 1190. The summed E-state index contributed by atoms with van der Waals surface area (Å²) in [5.74, 6) is 2.07. The predicted molar refractivity (Wildman–Crippen MR) is 118 cm³/mol. The fourth-order valence-corrected chi connectivity index (χ4v) is 6.00. The zero-order valence-electron chi connectivity index (χ0n) is 17.1. The highest BCUT2D eigenvalue weighted by molar-refractivity contribution is 5.80. The van der Waals surface area contributed by atoms with Gasteiger partial charge in [-0.2, -0.15) is 0 Å². The summed E-state index contributed by atoms with van der Waals surface area (Å²) in [7, 11) is 0. The molecule has 2 aromatic heterocycles. The van der Waals surface area contributed by atoms with Gasteiger partial charge in [0.25, 0.3) is 0 Å². The first-order valence-electron chi connectivity index (χ1n) is 10.9. The van der Waals surface area contributed by atoms with Crippen molar-refractivity contribution in [2.75, 3.05) is 22.9 Å². The maximum atomic E-state index is 11.0. The van der Waals surface area contributed by atoms with E-state index in [9.17, 15) is 10.2 Å². The quantitative estimate of drug-likeness (QED) is 0.498. The van der Waals surface area contributed by atoms with Crippen molar-refractivity contribution in [3.63, 3.8) is 0 Å². The molecule has 31 heavy (non-hydrogen) atoms. The molecule has 2 saturated carbocycles. The van der Waals surface area contributed by atoms with Gasteiger partial charge in [0, 0.05) is 22.9 Å². The molecule has 0 bridgehead atoms. The highest BCUT2D eigenvalue weighted by atomic mass is 16.3. The average molecular weight is 419 g/mol. The molecule has 8 nitrogen and oxygen atoms in total. The summed E-state index contributed by atoms with van der Waals surface area (Å²) in [5.41, 5.74) is 14.6. The van der Waals surface area contributed by atoms with Gasteiger partial charge in [-0.1, -0.05) is 12.1 Å².